The van der Waals surface area contributed by atoms with Gasteiger partial charge in [-0.15, -0.1) is 0 Å². The van der Waals surface area contributed by atoms with Crippen LogP contribution in [-0.4, -0.2) is 78.1 Å². The number of halogens is 1. The van der Waals surface area contributed by atoms with Gasteiger partial charge in [-0.3, -0.25) is 9.80 Å². The molecule has 0 atom stereocenters. The summed E-state index contributed by atoms with van der Waals surface area (Å²) >= 11 is 0. The van der Waals surface area contributed by atoms with Gasteiger partial charge in [-0.2, -0.15) is 0 Å². The number of pyridine rings is 1. The van der Waals surface area contributed by atoms with E-state index in [1.807, 2.05) is 30.3 Å². The Morgan fingerprint density at radius 1 is 0.786 bits per heavy atom. The molecule has 2 saturated heterocycles. The first-order valence-electron chi connectivity index (χ1n) is 15.0. The van der Waals surface area contributed by atoms with E-state index in [0.29, 0.717) is 29.8 Å². The molecule has 0 amide bonds. The smallest absolute Gasteiger partial charge is 0.129 e. The maximum atomic E-state index is 14.7. The predicted octanol–water partition coefficient (Wildman–Crippen LogP) is 6.07. The van der Waals surface area contributed by atoms with Crippen LogP contribution in [0.15, 0.2) is 65.8 Å². The summed E-state index contributed by atoms with van der Waals surface area (Å²) in [4.78, 5) is 15.8. The zero-order valence-corrected chi connectivity index (χ0v) is 23.7. The van der Waals surface area contributed by atoms with E-state index in [1.165, 1.54) is 37.8 Å². The van der Waals surface area contributed by atoms with Crippen molar-refractivity contribution in [2.45, 2.75) is 25.7 Å². The molecule has 7 rings (SSSR count). The summed E-state index contributed by atoms with van der Waals surface area (Å²) in [6.45, 7) is 7.25. The molecule has 4 aromatic rings. The van der Waals surface area contributed by atoms with Crippen LogP contribution in [-0.2, 0) is 4.84 Å². The van der Waals surface area contributed by atoms with Gasteiger partial charge in [0.15, 0.2) is 0 Å². The van der Waals surface area contributed by atoms with Gasteiger partial charge >= 0.3 is 0 Å². The summed E-state index contributed by atoms with van der Waals surface area (Å²) in [5.41, 5.74) is 6.41. The number of likely N-dealkylation sites (tertiary alicyclic amines) is 2. The molecular formula is C34H35FN4O3. The van der Waals surface area contributed by atoms with Crippen molar-refractivity contribution in [1.29, 1.82) is 0 Å². The number of benzene rings is 3. The molecule has 42 heavy (non-hydrogen) atoms. The van der Waals surface area contributed by atoms with E-state index in [-0.39, 0.29) is 11.6 Å². The van der Waals surface area contributed by atoms with Crippen LogP contribution in [0.5, 0.6) is 11.5 Å². The summed E-state index contributed by atoms with van der Waals surface area (Å²) in [6, 6.07) is 17.7. The Labute approximate surface area is 245 Å². The zero-order valence-electron chi connectivity index (χ0n) is 23.7. The molecule has 0 spiro atoms. The number of aromatic nitrogens is 1. The Hall–Kier alpha value is -4.01. The molecule has 3 heterocycles. The lowest BCUT2D eigenvalue weighted by molar-refractivity contribution is 0.119. The number of fused-ring (bicyclic) bond motifs is 5. The topological polar surface area (TPSA) is 70.4 Å². The molecule has 0 saturated carbocycles. The molecule has 0 unspecified atom stereocenters. The Bertz CT molecular complexity index is 1630. The molecule has 0 bridgehead atoms. The van der Waals surface area contributed by atoms with E-state index < -0.39 is 0 Å². The highest BCUT2D eigenvalue weighted by Crippen LogP contribution is 2.46. The van der Waals surface area contributed by atoms with E-state index in [9.17, 15) is 9.50 Å². The van der Waals surface area contributed by atoms with Crippen molar-refractivity contribution in [2.75, 3.05) is 52.5 Å². The van der Waals surface area contributed by atoms with Crippen molar-refractivity contribution in [1.82, 2.24) is 14.8 Å². The second-order valence-corrected chi connectivity index (χ2v) is 11.3. The van der Waals surface area contributed by atoms with Gasteiger partial charge in [0.2, 0.25) is 0 Å². The number of phenols is 1. The van der Waals surface area contributed by atoms with Crippen LogP contribution in [0.4, 0.5) is 4.39 Å². The minimum absolute atomic E-state index is 0.183. The van der Waals surface area contributed by atoms with E-state index in [1.54, 1.807) is 18.2 Å². The number of aromatic hydroxyl groups is 1. The highest BCUT2D eigenvalue weighted by Gasteiger charge is 2.32. The van der Waals surface area contributed by atoms with Crippen LogP contribution in [0.2, 0.25) is 0 Å². The normalized spacial score (nSPS) is 17.7. The fourth-order valence-electron chi connectivity index (χ4n) is 6.41. The van der Waals surface area contributed by atoms with Gasteiger partial charge in [0.05, 0.1) is 11.2 Å². The summed E-state index contributed by atoms with van der Waals surface area (Å²) in [5, 5.41) is 15.3. The molecule has 3 aromatic carbocycles. The molecular weight excluding hydrogens is 531 g/mol. The van der Waals surface area contributed by atoms with Crippen LogP contribution in [0.1, 0.15) is 36.8 Å². The number of nitrogens with zero attached hydrogens (tertiary/aromatic N) is 4. The van der Waals surface area contributed by atoms with Crippen molar-refractivity contribution >= 4 is 16.6 Å². The number of phenolic OH excluding ortho intramolecular Hbond substituents is 1. The second kappa shape index (κ2) is 11.7. The molecule has 2 fully saturated rings. The van der Waals surface area contributed by atoms with Gasteiger partial charge < -0.3 is 14.7 Å². The third kappa shape index (κ3) is 5.32. The Morgan fingerprint density at radius 3 is 2.24 bits per heavy atom. The molecule has 8 heteroatoms. The standard InChI is InChI=1S/C34H35FN4O3/c35-24-7-12-30-29(21-24)32-31(33(36-30)23-5-8-25(40)9-6-23)27-11-10-26(41-19-17-38-13-1-2-14-38)22-28(27)34(32)37-42-20-18-39-15-3-4-16-39/h5-12,21-22,40H,1-4,13-20H2/b37-34+. The maximum absolute atomic E-state index is 14.7. The highest BCUT2D eigenvalue weighted by atomic mass is 19.1. The second-order valence-electron chi connectivity index (χ2n) is 11.3. The molecule has 216 valence electrons. The average molecular weight is 567 g/mol. The van der Waals surface area contributed by atoms with E-state index in [4.69, 9.17) is 19.7 Å². The van der Waals surface area contributed by atoms with E-state index >= 15 is 0 Å². The van der Waals surface area contributed by atoms with Crippen LogP contribution in [0.25, 0.3) is 33.3 Å². The predicted molar refractivity (Wildman–Crippen MR) is 163 cm³/mol. The van der Waals surface area contributed by atoms with Gasteiger partial charge in [-0.1, -0.05) is 5.16 Å². The van der Waals surface area contributed by atoms with Crippen LogP contribution < -0.4 is 4.74 Å². The summed E-state index contributed by atoms with van der Waals surface area (Å²) < 4.78 is 20.9. The number of ether oxygens (including phenoxy) is 1. The van der Waals surface area contributed by atoms with Gasteiger partial charge in [0.25, 0.3) is 0 Å². The van der Waals surface area contributed by atoms with Crippen molar-refractivity contribution in [3.8, 4) is 33.9 Å². The third-order valence-corrected chi connectivity index (χ3v) is 8.57. The van der Waals surface area contributed by atoms with Gasteiger partial charge in [0.1, 0.15) is 36.2 Å². The summed E-state index contributed by atoms with van der Waals surface area (Å²) in [7, 11) is 0. The molecule has 1 aromatic heterocycles. The first-order valence-corrected chi connectivity index (χ1v) is 15.0. The fourth-order valence-corrected chi connectivity index (χ4v) is 6.41. The first kappa shape index (κ1) is 26.9. The van der Waals surface area contributed by atoms with Crippen LogP contribution >= 0.6 is 0 Å². The minimum atomic E-state index is -0.333. The fraction of sp³-hybridized carbons (Fsp3) is 0.353. The lowest BCUT2D eigenvalue weighted by Gasteiger charge is -2.15. The number of hydrogen-bond donors (Lipinski definition) is 1. The number of oxime groups is 1. The third-order valence-electron chi connectivity index (χ3n) is 8.57. The Balaban J connectivity index is 1.31. The van der Waals surface area contributed by atoms with Crippen LogP contribution in [0, 0.1) is 5.82 Å². The molecule has 0 radical (unpaired) electrons. The molecule has 1 N–H and O–H groups in total. The summed E-state index contributed by atoms with van der Waals surface area (Å²) in [6.07, 6.45) is 4.95. The average Bonchev–Trinajstić information content (AvgIpc) is 3.77. The molecule has 2 aliphatic heterocycles. The maximum Gasteiger partial charge on any atom is 0.129 e. The molecule has 7 nitrogen and oxygen atoms in total. The van der Waals surface area contributed by atoms with E-state index in [2.05, 4.69) is 9.80 Å². The lowest BCUT2D eigenvalue weighted by Crippen LogP contribution is -2.25. The van der Waals surface area contributed by atoms with Crippen LogP contribution in [0.3, 0.4) is 0 Å². The van der Waals surface area contributed by atoms with Crippen molar-refractivity contribution in [2.24, 2.45) is 5.16 Å². The van der Waals surface area contributed by atoms with Crippen molar-refractivity contribution < 1.29 is 19.1 Å². The Morgan fingerprint density at radius 2 is 1.50 bits per heavy atom. The largest absolute Gasteiger partial charge is 0.508 e. The highest BCUT2D eigenvalue weighted by molar-refractivity contribution is 6.31. The number of hydrogen-bond acceptors (Lipinski definition) is 7. The minimum Gasteiger partial charge on any atom is -0.508 e. The first-order chi connectivity index (χ1) is 20.6. The zero-order chi connectivity index (χ0) is 28.5. The van der Waals surface area contributed by atoms with E-state index in [0.717, 1.165) is 78.5 Å². The van der Waals surface area contributed by atoms with Gasteiger partial charge in [0, 0.05) is 40.7 Å². The van der Waals surface area contributed by atoms with Crippen molar-refractivity contribution in [3.05, 3.63) is 77.6 Å². The van der Waals surface area contributed by atoms with Crippen molar-refractivity contribution in [3.63, 3.8) is 0 Å². The SMILES string of the molecule is Oc1ccc(-c2nc3ccc(F)cc3c3c2-c2ccc(OCCN4CCCC4)cc2/C3=N\OCCN2CCCC2)cc1. The molecule has 1 aliphatic carbocycles. The quantitative estimate of drug-likeness (QED) is 0.173. The van der Waals surface area contributed by atoms with Gasteiger partial charge in [-0.05, 0) is 118 Å². The number of rotatable bonds is 9. The monoisotopic (exact) mass is 566 g/mol. The molecule has 3 aliphatic rings. The van der Waals surface area contributed by atoms with Gasteiger partial charge in [-0.25, -0.2) is 9.37 Å². The lowest BCUT2D eigenvalue weighted by atomic mass is 9.96. The summed E-state index contributed by atoms with van der Waals surface area (Å²) in [5.74, 6) is 0.614. The Kier molecular flexibility index (Phi) is 7.48.